The molecule has 2 aromatic rings. The van der Waals surface area contributed by atoms with Crippen LogP contribution in [0.25, 0.3) is 0 Å². The molecule has 1 amide bonds. The minimum atomic E-state index is -0.0834. The summed E-state index contributed by atoms with van der Waals surface area (Å²) in [6, 6.07) is 16.0. The van der Waals surface area contributed by atoms with Crippen LogP contribution in [0.2, 0.25) is 0 Å². The molecule has 0 aliphatic heterocycles. The average molecular weight is 398 g/mol. The van der Waals surface area contributed by atoms with Gasteiger partial charge in [-0.3, -0.25) is 14.6 Å². The van der Waals surface area contributed by atoms with Crippen LogP contribution in [0.5, 0.6) is 0 Å². The van der Waals surface area contributed by atoms with E-state index in [2.05, 4.69) is 17.4 Å². The van der Waals surface area contributed by atoms with E-state index >= 15 is 0 Å². The van der Waals surface area contributed by atoms with Crippen LogP contribution >= 0.6 is 11.8 Å². The first-order valence-electron chi connectivity index (χ1n) is 9.16. The van der Waals surface area contributed by atoms with Crippen LogP contribution in [0.15, 0.2) is 53.5 Å². The molecule has 0 unspecified atom stereocenters. The Balaban J connectivity index is 2.11. The van der Waals surface area contributed by atoms with Crippen molar-refractivity contribution >= 4 is 39.9 Å². The van der Waals surface area contributed by atoms with Crippen molar-refractivity contribution in [2.24, 2.45) is 4.99 Å². The fraction of sp³-hybridized carbons (Fsp3) is 0.318. The van der Waals surface area contributed by atoms with Gasteiger partial charge in [0.15, 0.2) is 5.12 Å². The number of carbonyl (C=O) groups excluding carboxylic acids is 2. The van der Waals surface area contributed by atoms with Crippen LogP contribution in [-0.2, 0) is 16.0 Å². The molecule has 0 fully saturated rings. The second-order valence-corrected chi connectivity index (χ2v) is 7.83. The molecule has 0 atom stereocenters. The van der Waals surface area contributed by atoms with E-state index in [-0.39, 0.29) is 11.0 Å². The largest absolute Gasteiger partial charge is 0.378 e. The molecule has 0 heterocycles. The molecular weight excluding hydrogens is 370 g/mol. The maximum Gasteiger partial charge on any atom is 0.221 e. The van der Waals surface area contributed by atoms with Crippen LogP contribution in [0, 0.1) is 0 Å². The number of hydrogen-bond donors (Lipinski definition) is 1. The fourth-order valence-electron chi connectivity index (χ4n) is 2.67. The lowest BCUT2D eigenvalue weighted by Gasteiger charge is -2.13. The molecule has 0 saturated carbocycles. The van der Waals surface area contributed by atoms with E-state index in [0.717, 1.165) is 34.6 Å². The SMILES string of the molecule is CC(=O)Nc1cccc(CC/N=C(\CSC(C)=O)c2ccc(N(C)C)cc2)c1. The summed E-state index contributed by atoms with van der Waals surface area (Å²) in [7, 11) is 4.01. The van der Waals surface area contributed by atoms with Gasteiger partial charge in [-0.1, -0.05) is 36.0 Å². The summed E-state index contributed by atoms with van der Waals surface area (Å²) in [6.45, 7) is 3.69. The minimum absolute atomic E-state index is 0.0834. The van der Waals surface area contributed by atoms with E-state index in [4.69, 9.17) is 4.99 Å². The Morgan fingerprint density at radius 1 is 1.07 bits per heavy atom. The molecule has 0 bridgehead atoms. The third-order valence-corrected chi connectivity index (χ3v) is 4.90. The highest BCUT2D eigenvalue weighted by Gasteiger charge is 2.07. The number of anilines is 2. The zero-order chi connectivity index (χ0) is 20.5. The van der Waals surface area contributed by atoms with E-state index in [1.165, 1.54) is 18.7 Å². The molecule has 5 nitrogen and oxygen atoms in total. The van der Waals surface area contributed by atoms with Crippen molar-refractivity contribution in [3.05, 3.63) is 59.7 Å². The van der Waals surface area contributed by atoms with Gasteiger partial charge in [-0.15, -0.1) is 0 Å². The number of aliphatic imine (C=N–C) groups is 1. The Bertz CT molecular complexity index is 845. The number of benzene rings is 2. The standard InChI is InChI=1S/C22H27N3O2S/c1-16(26)24-20-7-5-6-18(14-20)12-13-23-22(15-28-17(2)27)19-8-10-21(11-9-19)25(3)4/h5-11,14H,12-13,15H2,1-4H3,(H,24,26)/b23-22+. The number of nitrogens with one attached hydrogen (secondary N) is 1. The number of rotatable bonds is 8. The van der Waals surface area contributed by atoms with Gasteiger partial charge in [0.05, 0.1) is 5.71 Å². The van der Waals surface area contributed by atoms with Gasteiger partial charge in [0, 0.05) is 51.6 Å². The average Bonchev–Trinajstić information content (AvgIpc) is 2.64. The highest BCUT2D eigenvalue weighted by atomic mass is 32.2. The van der Waals surface area contributed by atoms with Gasteiger partial charge in [-0.2, -0.15) is 0 Å². The first-order chi connectivity index (χ1) is 13.3. The van der Waals surface area contributed by atoms with Crippen LogP contribution < -0.4 is 10.2 Å². The normalized spacial score (nSPS) is 11.2. The van der Waals surface area contributed by atoms with Gasteiger partial charge in [-0.05, 0) is 41.8 Å². The molecule has 0 saturated heterocycles. The first-order valence-corrected chi connectivity index (χ1v) is 10.1. The van der Waals surface area contributed by atoms with Crippen molar-refractivity contribution in [1.29, 1.82) is 0 Å². The fourth-order valence-corrected chi connectivity index (χ4v) is 3.27. The first kappa shape index (κ1) is 21.7. The molecule has 0 aromatic heterocycles. The molecule has 0 radical (unpaired) electrons. The van der Waals surface area contributed by atoms with Crippen LogP contribution in [-0.4, -0.2) is 43.1 Å². The summed E-state index contributed by atoms with van der Waals surface area (Å²) in [5.41, 5.74) is 4.98. The third-order valence-electron chi connectivity index (χ3n) is 4.08. The molecule has 28 heavy (non-hydrogen) atoms. The van der Waals surface area contributed by atoms with Crippen molar-refractivity contribution in [1.82, 2.24) is 0 Å². The maximum absolute atomic E-state index is 11.4. The van der Waals surface area contributed by atoms with Crippen molar-refractivity contribution in [3.63, 3.8) is 0 Å². The second kappa shape index (κ2) is 10.7. The van der Waals surface area contributed by atoms with E-state index in [1.54, 1.807) is 6.92 Å². The summed E-state index contributed by atoms with van der Waals surface area (Å²) in [5.74, 6) is 0.475. The zero-order valence-electron chi connectivity index (χ0n) is 16.9. The van der Waals surface area contributed by atoms with Crippen molar-refractivity contribution < 1.29 is 9.59 Å². The lowest BCUT2D eigenvalue weighted by Crippen LogP contribution is -2.11. The Labute approximate surface area is 171 Å². The van der Waals surface area contributed by atoms with Crippen molar-refractivity contribution in [2.45, 2.75) is 20.3 Å². The molecule has 0 spiro atoms. The number of carbonyl (C=O) groups is 2. The zero-order valence-corrected chi connectivity index (χ0v) is 17.7. The van der Waals surface area contributed by atoms with E-state index in [9.17, 15) is 9.59 Å². The third kappa shape index (κ3) is 7.19. The molecule has 2 aromatic carbocycles. The van der Waals surface area contributed by atoms with Crippen molar-refractivity contribution in [2.75, 3.05) is 36.6 Å². The number of hydrogen-bond acceptors (Lipinski definition) is 5. The monoisotopic (exact) mass is 397 g/mol. The van der Waals surface area contributed by atoms with E-state index in [0.29, 0.717) is 12.3 Å². The molecule has 2 rings (SSSR count). The van der Waals surface area contributed by atoms with Gasteiger partial charge < -0.3 is 10.2 Å². The van der Waals surface area contributed by atoms with Gasteiger partial charge in [-0.25, -0.2) is 0 Å². The summed E-state index contributed by atoms with van der Waals surface area (Å²) in [5, 5.41) is 2.88. The van der Waals surface area contributed by atoms with Crippen LogP contribution in [0.1, 0.15) is 25.0 Å². The number of thioether (sulfide) groups is 1. The van der Waals surface area contributed by atoms with E-state index in [1.807, 2.05) is 55.4 Å². The molecule has 1 N–H and O–H groups in total. The minimum Gasteiger partial charge on any atom is -0.378 e. The predicted molar refractivity (Wildman–Crippen MR) is 120 cm³/mol. The summed E-state index contributed by atoms with van der Waals surface area (Å²) in [6.07, 6.45) is 0.761. The van der Waals surface area contributed by atoms with E-state index < -0.39 is 0 Å². The maximum atomic E-state index is 11.4. The quantitative estimate of drug-likeness (QED) is 0.684. The lowest BCUT2D eigenvalue weighted by atomic mass is 10.1. The van der Waals surface area contributed by atoms with Gasteiger partial charge in [0.2, 0.25) is 5.91 Å². The molecule has 0 aliphatic carbocycles. The second-order valence-electron chi connectivity index (χ2n) is 6.68. The Kier molecular flexibility index (Phi) is 8.26. The van der Waals surface area contributed by atoms with Crippen LogP contribution in [0.3, 0.4) is 0 Å². The number of amides is 1. The Morgan fingerprint density at radius 2 is 1.79 bits per heavy atom. The summed E-state index contributed by atoms with van der Waals surface area (Å²) < 4.78 is 0. The topological polar surface area (TPSA) is 61.8 Å². The highest BCUT2D eigenvalue weighted by molar-refractivity contribution is 8.14. The predicted octanol–water partition coefficient (Wildman–Crippen LogP) is 4.02. The summed E-state index contributed by atoms with van der Waals surface area (Å²) in [4.78, 5) is 29.4. The Hall–Kier alpha value is -2.60. The van der Waals surface area contributed by atoms with Gasteiger partial charge in [0.25, 0.3) is 0 Å². The lowest BCUT2D eigenvalue weighted by molar-refractivity contribution is -0.114. The van der Waals surface area contributed by atoms with Crippen molar-refractivity contribution in [3.8, 4) is 0 Å². The van der Waals surface area contributed by atoms with Gasteiger partial charge in [0.1, 0.15) is 0 Å². The smallest absolute Gasteiger partial charge is 0.221 e. The molecular formula is C22H27N3O2S. The summed E-state index contributed by atoms with van der Waals surface area (Å²) >= 11 is 1.27. The highest BCUT2D eigenvalue weighted by Crippen LogP contribution is 2.16. The van der Waals surface area contributed by atoms with Crippen LogP contribution in [0.4, 0.5) is 11.4 Å². The number of nitrogens with zero attached hydrogens (tertiary/aromatic N) is 2. The van der Waals surface area contributed by atoms with Gasteiger partial charge >= 0.3 is 0 Å². The molecule has 0 aliphatic rings. The Morgan fingerprint density at radius 3 is 2.39 bits per heavy atom. The molecule has 148 valence electrons. The molecule has 6 heteroatoms.